The molecule has 0 saturated carbocycles. The van der Waals surface area contributed by atoms with Crippen LogP contribution >= 0.6 is 0 Å². The van der Waals surface area contributed by atoms with E-state index < -0.39 is 23.6 Å². The van der Waals surface area contributed by atoms with E-state index >= 15 is 0 Å². The number of halogens is 3. The number of hydrogen-bond donors (Lipinski definition) is 2. The molecular formula is C15H14F3NO2. The molecule has 0 aliphatic rings. The monoisotopic (exact) mass is 297 g/mol. The zero-order valence-electron chi connectivity index (χ0n) is 11.0. The summed E-state index contributed by atoms with van der Waals surface area (Å²) in [4.78, 5) is 0. The molecule has 1 unspecified atom stereocenters. The van der Waals surface area contributed by atoms with E-state index in [0.29, 0.717) is 17.9 Å². The number of aliphatic hydroxyl groups is 1. The summed E-state index contributed by atoms with van der Waals surface area (Å²) in [6.45, 7) is -0.0723. The molecule has 2 aromatic carbocycles. The second-order valence-corrected chi connectivity index (χ2v) is 4.40. The molecule has 2 rings (SSSR count). The Hall–Kier alpha value is -2.21. The molecule has 2 aromatic rings. The maximum atomic E-state index is 13.3. The average Bonchev–Trinajstić information content (AvgIpc) is 2.48. The smallest absolute Gasteiger partial charge is 0.161 e. The summed E-state index contributed by atoms with van der Waals surface area (Å²) in [5, 5.41) is 12.2. The maximum absolute atomic E-state index is 13.3. The van der Waals surface area contributed by atoms with Crippen LogP contribution in [0.25, 0.3) is 0 Å². The van der Waals surface area contributed by atoms with Crippen LogP contribution < -0.4 is 10.1 Å². The number of benzene rings is 2. The average molecular weight is 297 g/mol. The zero-order valence-corrected chi connectivity index (χ0v) is 11.0. The number of ether oxygens (including phenoxy) is 1. The molecule has 0 radical (unpaired) electrons. The minimum absolute atomic E-state index is 0.0116. The van der Waals surface area contributed by atoms with Crippen molar-refractivity contribution >= 4 is 5.69 Å². The van der Waals surface area contributed by atoms with Gasteiger partial charge in [-0.1, -0.05) is 18.2 Å². The largest absolute Gasteiger partial charge is 0.491 e. The zero-order chi connectivity index (χ0) is 15.2. The Morgan fingerprint density at radius 2 is 1.67 bits per heavy atom. The van der Waals surface area contributed by atoms with Gasteiger partial charge in [0.25, 0.3) is 0 Å². The Kier molecular flexibility index (Phi) is 5.05. The van der Waals surface area contributed by atoms with Crippen molar-refractivity contribution in [2.24, 2.45) is 0 Å². The molecular weight excluding hydrogens is 283 g/mol. The summed E-state index contributed by atoms with van der Waals surface area (Å²) in [5.41, 5.74) is -0.215. The minimum Gasteiger partial charge on any atom is -0.491 e. The van der Waals surface area contributed by atoms with Crippen LogP contribution in [0.3, 0.4) is 0 Å². The highest BCUT2D eigenvalue weighted by Crippen LogP contribution is 2.18. The van der Waals surface area contributed by atoms with Crippen molar-refractivity contribution in [1.82, 2.24) is 0 Å². The van der Waals surface area contributed by atoms with Crippen molar-refractivity contribution in [3.63, 3.8) is 0 Å². The Bertz CT molecular complexity index is 593. The molecule has 6 heteroatoms. The van der Waals surface area contributed by atoms with Gasteiger partial charge in [-0.15, -0.1) is 0 Å². The number of para-hydroxylation sites is 1. The van der Waals surface area contributed by atoms with Gasteiger partial charge in [-0.3, -0.25) is 0 Å². The van der Waals surface area contributed by atoms with Gasteiger partial charge in [0.05, 0.1) is 5.69 Å². The van der Waals surface area contributed by atoms with Crippen LogP contribution in [0.2, 0.25) is 0 Å². The van der Waals surface area contributed by atoms with Gasteiger partial charge >= 0.3 is 0 Å². The van der Waals surface area contributed by atoms with Crippen LogP contribution in [0.1, 0.15) is 0 Å². The third-order valence-corrected chi connectivity index (χ3v) is 2.72. The summed E-state index contributed by atoms with van der Waals surface area (Å²) in [5.74, 6) is -2.75. The molecule has 0 aliphatic heterocycles. The lowest BCUT2D eigenvalue weighted by molar-refractivity contribution is 0.117. The van der Waals surface area contributed by atoms with Crippen LogP contribution in [0.15, 0.2) is 42.5 Å². The normalized spacial score (nSPS) is 12.0. The van der Waals surface area contributed by atoms with Crippen LogP contribution in [0.5, 0.6) is 5.75 Å². The summed E-state index contributed by atoms with van der Waals surface area (Å²) >= 11 is 0. The fourth-order valence-electron chi connectivity index (χ4n) is 1.65. The van der Waals surface area contributed by atoms with E-state index in [-0.39, 0.29) is 18.8 Å². The molecule has 0 spiro atoms. The molecule has 112 valence electrons. The second-order valence-electron chi connectivity index (χ2n) is 4.40. The van der Waals surface area contributed by atoms with Gasteiger partial charge < -0.3 is 15.2 Å². The van der Waals surface area contributed by atoms with E-state index in [2.05, 4.69) is 5.32 Å². The van der Waals surface area contributed by atoms with E-state index in [0.717, 1.165) is 0 Å². The van der Waals surface area contributed by atoms with Gasteiger partial charge in [-0.25, -0.2) is 13.2 Å². The van der Waals surface area contributed by atoms with Gasteiger partial charge in [-0.2, -0.15) is 0 Å². The Balaban J connectivity index is 1.84. The molecule has 0 fully saturated rings. The molecule has 3 nitrogen and oxygen atoms in total. The Labute approximate surface area is 120 Å². The quantitative estimate of drug-likeness (QED) is 0.806. The van der Waals surface area contributed by atoms with Crippen LogP contribution in [-0.2, 0) is 0 Å². The second kappa shape index (κ2) is 6.99. The Morgan fingerprint density at radius 3 is 2.38 bits per heavy atom. The topological polar surface area (TPSA) is 41.5 Å². The molecule has 0 saturated heterocycles. The van der Waals surface area contributed by atoms with Gasteiger partial charge in [0, 0.05) is 18.7 Å². The first-order valence-corrected chi connectivity index (χ1v) is 6.30. The van der Waals surface area contributed by atoms with Gasteiger partial charge in [0.15, 0.2) is 11.6 Å². The minimum atomic E-state index is -1.26. The standard InChI is InChI=1S/C15H14F3NO2/c16-12-6-14(18)15(7-13(12)17)19-8-10(20)9-21-11-4-2-1-3-5-11/h1-7,10,19-20H,8-9H2. The van der Waals surface area contributed by atoms with E-state index in [1.54, 1.807) is 24.3 Å². The first kappa shape index (κ1) is 15.2. The molecule has 0 heterocycles. The van der Waals surface area contributed by atoms with Gasteiger partial charge in [0.2, 0.25) is 0 Å². The third kappa shape index (κ3) is 4.39. The molecule has 21 heavy (non-hydrogen) atoms. The molecule has 2 N–H and O–H groups in total. The van der Waals surface area contributed by atoms with Crippen molar-refractivity contribution in [3.05, 3.63) is 59.9 Å². The highest BCUT2D eigenvalue weighted by atomic mass is 19.2. The highest BCUT2D eigenvalue weighted by molar-refractivity contribution is 5.45. The fraction of sp³-hybridized carbons (Fsp3) is 0.200. The molecule has 0 bridgehead atoms. The predicted molar refractivity (Wildman–Crippen MR) is 72.7 cm³/mol. The summed E-state index contributed by atoms with van der Waals surface area (Å²) in [7, 11) is 0. The maximum Gasteiger partial charge on any atom is 0.161 e. The number of hydrogen-bond acceptors (Lipinski definition) is 3. The first-order valence-electron chi connectivity index (χ1n) is 6.30. The van der Waals surface area contributed by atoms with E-state index in [4.69, 9.17) is 4.74 Å². The lowest BCUT2D eigenvalue weighted by Crippen LogP contribution is -2.26. The lowest BCUT2D eigenvalue weighted by Gasteiger charge is -2.14. The third-order valence-electron chi connectivity index (χ3n) is 2.72. The van der Waals surface area contributed by atoms with Crippen molar-refractivity contribution in [2.75, 3.05) is 18.5 Å². The Morgan fingerprint density at radius 1 is 1.00 bits per heavy atom. The number of nitrogens with one attached hydrogen (secondary N) is 1. The SMILES string of the molecule is OC(CNc1cc(F)c(F)cc1F)COc1ccccc1. The highest BCUT2D eigenvalue weighted by Gasteiger charge is 2.11. The predicted octanol–water partition coefficient (Wildman–Crippen LogP) is 2.96. The van der Waals surface area contributed by atoms with E-state index in [9.17, 15) is 18.3 Å². The summed E-state index contributed by atoms with van der Waals surface area (Å²) in [6.07, 6.45) is -0.933. The summed E-state index contributed by atoms with van der Waals surface area (Å²) in [6, 6.07) is 10.0. The number of rotatable bonds is 6. The van der Waals surface area contributed by atoms with Crippen molar-refractivity contribution < 1.29 is 23.0 Å². The van der Waals surface area contributed by atoms with Crippen molar-refractivity contribution in [2.45, 2.75) is 6.10 Å². The summed E-state index contributed by atoms with van der Waals surface area (Å²) < 4.78 is 44.4. The van der Waals surface area contributed by atoms with Gasteiger partial charge in [-0.05, 0) is 12.1 Å². The van der Waals surface area contributed by atoms with Crippen LogP contribution in [0, 0.1) is 17.5 Å². The van der Waals surface area contributed by atoms with Crippen molar-refractivity contribution in [3.8, 4) is 5.75 Å². The van der Waals surface area contributed by atoms with Crippen molar-refractivity contribution in [1.29, 1.82) is 0 Å². The van der Waals surface area contributed by atoms with Crippen LogP contribution in [-0.4, -0.2) is 24.4 Å². The molecule has 0 aromatic heterocycles. The molecule has 0 amide bonds. The fourth-order valence-corrected chi connectivity index (χ4v) is 1.65. The molecule has 1 atom stereocenters. The number of aliphatic hydroxyl groups excluding tert-OH is 1. The lowest BCUT2D eigenvalue weighted by atomic mass is 10.2. The number of anilines is 1. The molecule has 0 aliphatic carbocycles. The first-order chi connectivity index (χ1) is 10.1. The van der Waals surface area contributed by atoms with E-state index in [1.165, 1.54) is 0 Å². The van der Waals surface area contributed by atoms with E-state index in [1.807, 2.05) is 6.07 Å². The van der Waals surface area contributed by atoms with Gasteiger partial charge in [0.1, 0.15) is 24.3 Å². The van der Waals surface area contributed by atoms with Crippen LogP contribution in [0.4, 0.5) is 18.9 Å².